The lowest BCUT2D eigenvalue weighted by molar-refractivity contribution is -0.119. The van der Waals surface area contributed by atoms with E-state index in [1.807, 2.05) is 44.1 Å². The molecular weight excluding hydrogens is 387 g/mol. The van der Waals surface area contributed by atoms with Gasteiger partial charge in [-0.25, -0.2) is 9.18 Å². The van der Waals surface area contributed by atoms with Crippen LogP contribution in [0.1, 0.15) is 18.1 Å². The average molecular weight is 416 g/mol. The number of carbonyl (C=O) groups excluding carboxylic acids is 2. The molecule has 0 fully saturated rings. The number of urea groups is 1. The zero-order valence-electron chi connectivity index (χ0n) is 17.9. The molecule has 0 saturated heterocycles. The molecule has 3 amide bonds. The van der Waals surface area contributed by atoms with E-state index in [2.05, 4.69) is 10.6 Å². The molecule has 0 aliphatic rings. The molecule has 0 saturated carbocycles. The van der Waals surface area contributed by atoms with E-state index in [4.69, 9.17) is 4.74 Å². The van der Waals surface area contributed by atoms with Crippen LogP contribution in [0.3, 0.4) is 0 Å². The standard InChI is InChI=1S/C22H29FN4O3/c1-5-24-22(29)27(13-16-6-8-18(23)9-7-16)14-17-12-19(25-21(28)15-30-4)10-11-20(17)26(2)3/h6-12H,5,13-15H2,1-4H3,(H,24,29)(H,25,28). The molecule has 162 valence electrons. The summed E-state index contributed by atoms with van der Waals surface area (Å²) in [7, 11) is 5.29. The molecule has 2 aromatic carbocycles. The van der Waals surface area contributed by atoms with E-state index < -0.39 is 0 Å². The largest absolute Gasteiger partial charge is 0.377 e. The Morgan fingerprint density at radius 2 is 1.77 bits per heavy atom. The summed E-state index contributed by atoms with van der Waals surface area (Å²) in [6, 6.07) is 11.4. The highest BCUT2D eigenvalue weighted by Gasteiger charge is 2.17. The minimum atomic E-state index is -0.322. The Morgan fingerprint density at radius 3 is 2.37 bits per heavy atom. The van der Waals surface area contributed by atoms with Crippen LogP contribution in [-0.4, -0.2) is 51.2 Å². The third kappa shape index (κ3) is 6.73. The van der Waals surface area contributed by atoms with E-state index >= 15 is 0 Å². The average Bonchev–Trinajstić information content (AvgIpc) is 2.69. The molecule has 0 aliphatic carbocycles. The van der Waals surface area contributed by atoms with Gasteiger partial charge in [-0.15, -0.1) is 0 Å². The van der Waals surface area contributed by atoms with Gasteiger partial charge in [-0.1, -0.05) is 12.1 Å². The van der Waals surface area contributed by atoms with Gasteiger partial charge < -0.3 is 25.2 Å². The monoisotopic (exact) mass is 416 g/mol. The molecule has 7 nitrogen and oxygen atoms in total. The number of ether oxygens (including phenoxy) is 1. The van der Waals surface area contributed by atoms with Crippen LogP contribution in [0.2, 0.25) is 0 Å². The van der Waals surface area contributed by atoms with Crippen molar-refractivity contribution in [2.75, 3.05) is 44.6 Å². The maximum absolute atomic E-state index is 13.3. The SMILES string of the molecule is CCNC(=O)N(Cc1ccc(F)cc1)Cc1cc(NC(=O)COC)ccc1N(C)C. The van der Waals surface area contributed by atoms with Crippen LogP contribution >= 0.6 is 0 Å². The Hall–Kier alpha value is -3.13. The second kappa shape index (κ2) is 11.2. The predicted octanol–water partition coefficient (Wildman–Crippen LogP) is 3.21. The lowest BCUT2D eigenvalue weighted by Crippen LogP contribution is -2.39. The van der Waals surface area contributed by atoms with Gasteiger partial charge in [0.1, 0.15) is 12.4 Å². The van der Waals surface area contributed by atoms with Gasteiger partial charge in [0.2, 0.25) is 5.91 Å². The van der Waals surface area contributed by atoms with Gasteiger partial charge in [-0.05, 0) is 48.4 Å². The van der Waals surface area contributed by atoms with Crippen LogP contribution in [0.5, 0.6) is 0 Å². The van der Waals surface area contributed by atoms with Crippen LogP contribution in [0, 0.1) is 5.82 Å². The first kappa shape index (κ1) is 23.2. The fourth-order valence-electron chi connectivity index (χ4n) is 3.03. The highest BCUT2D eigenvalue weighted by Crippen LogP contribution is 2.25. The van der Waals surface area contributed by atoms with Gasteiger partial charge in [-0.2, -0.15) is 0 Å². The van der Waals surface area contributed by atoms with Gasteiger partial charge in [0, 0.05) is 52.2 Å². The third-order valence-electron chi connectivity index (χ3n) is 4.38. The first-order valence-corrected chi connectivity index (χ1v) is 9.70. The molecule has 2 aromatic rings. The van der Waals surface area contributed by atoms with Crippen molar-refractivity contribution in [3.8, 4) is 0 Å². The summed E-state index contributed by atoms with van der Waals surface area (Å²) in [6.07, 6.45) is 0. The Kier molecular flexibility index (Phi) is 8.61. The summed E-state index contributed by atoms with van der Waals surface area (Å²) < 4.78 is 18.1. The maximum Gasteiger partial charge on any atom is 0.317 e. The Morgan fingerprint density at radius 1 is 1.07 bits per heavy atom. The van der Waals surface area contributed by atoms with Crippen LogP contribution in [0.15, 0.2) is 42.5 Å². The Labute approximate surface area is 176 Å². The minimum absolute atomic E-state index is 0.0413. The molecule has 0 unspecified atom stereocenters. The summed E-state index contributed by atoms with van der Waals surface area (Å²) in [5.41, 5.74) is 3.23. The van der Waals surface area contributed by atoms with Gasteiger partial charge in [0.25, 0.3) is 0 Å². The number of rotatable bonds is 9. The number of benzene rings is 2. The smallest absolute Gasteiger partial charge is 0.317 e. The van der Waals surface area contributed by atoms with Crippen LogP contribution in [0.4, 0.5) is 20.6 Å². The van der Waals surface area contributed by atoms with Gasteiger partial charge in [0.15, 0.2) is 0 Å². The van der Waals surface area contributed by atoms with Gasteiger partial charge in [0.05, 0.1) is 0 Å². The number of nitrogens with one attached hydrogen (secondary N) is 2. The molecule has 0 aliphatic heterocycles. The van der Waals surface area contributed by atoms with Crippen molar-refractivity contribution in [3.63, 3.8) is 0 Å². The molecule has 0 radical (unpaired) electrons. The molecular formula is C22H29FN4O3. The maximum atomic E-state index is 13.3. The highest BCUT2D eigenvalue weighted by molar-refractivity contribution is 5.92. The van der Waals surface area contributed by atoms with E-state index in [9.17, 15) is 14.0 Å². The zero-order valence-corrected chi connectivity index (χ0v) is 17.9. The van der Waals surface area contributed by atoms with E-state index in [1.165, 1.54) is 19.2 Å². The molecule has 0 bridgehead atoms. The second-order valence-corrected chi connectivity index (χ2v) is 7.04. The van der Waals surface area contributed by atoms with Crippen molar-refractivity contribution >= 4 is 23.3 Å². The van der Waals surface area contributed by atoms with Crippen molar-refractivity contribution in [2.45, 2.75) is 20.0 Å². The molecule has 0 heterocycles. The number of nitrogens with zero attached hydrogens (tertiary/aromatic N) is 2. The number of carbonyl (C=O) groups is 2. The van der Waals surface area contributed by atoms with E-state index in [-0.39, 0.29) is 24.4 Å². The van der Waals surface area contributed by atoms with E-state index in [0.29, 0.717) is 25.3 Å². The van der Waals surface area contributed by atoms with Crippen molar-refractivity contribution in [2.24, 2.45) is 0 Å². The summed E-state index contributed by atoms with van der Waals surface area (Å²) >= 11 is 0. The number of hydrogen-bond acceptors (Lipinski definition) is 4. The number of hydrogen-bond donors (Lipinski definition) is 2. The highest BCUT2D eigenvalue weighted by atomic mass is 19.1. The second-order valence-electron chi connectivity index (χ2n) is 7.04. The molecule has 30 heavy (non-hydrogen) atoms. The number of amides is 3. The van der Waals surface area contributed by atoms with Crippen LogP contribution in [-0.2, 0) is 22.6 Å². The zero-order chi connectivity index (χ0) is 22.1. The topological polar surface area (TPSA) is 73.9 Å². The number of halogens is 1. The van der Waals surface area contributed by atoms with E-state index in [0.717, 1.165) is 16.8 Å². The molecule has 2 N–H and O–H groups in total. The van der Waals surface area contributed by atoms with Crippen LogP contribution in [0.25, 0.3) is 0 Å². The number of anilines is 2. The first-order chi connectivity index (χ1) is 14.3. The Bertz CT molecular complexity index is 856. The molecule has 2 rings (SSSR count). The van der Waals surface area contributed by atoms with Gasteiger partial charge in [-0.3, -0.25) is 4.79 Å². The van der Waals surface area contributed by atoms with Crippen molar-refractivity contribution in [1.82, 2.24) is 10.2 Å². The third-order valence-corrected chi connectivity index (χ3v) is 4.38. The van der Waals surface area contributed by atoms with Crippen molar-refractivity contribution in [3.05, 3.63) is 59.4 Å². The van der Waals surface area contributed by atoms with Crippen LogP contribution < -0.4 is 15.5 Å². The van der Waals surface area contributed by atoms with Crippen molar-refractivity contribution in [1.29, 1.82) is 0 Å². The minimum Gasteiger partial charge on any atom is -0.377 e. The van der Waals surface area contributed by atoms with Gasteiger partial charge >= 0.3 is 6.03 Å². The number of methoxy groups -OCH3 is 1. The lowest BCUT2D eigenvalue weighted by Gasteiger charge is -2.26. The summed E-state index contributed by atoms with van der Waals surface area (Å²) in [6.45, 7) is 2.93. The Balaban J connectivity index is 2.31. The summed E-state index contributed by atoms with van der Waals surface area (Å²) in [5.74, 6) is -0.578. The summed E-state index contributed by atoms with van der Waals surface area (Å²) in [5, 5.41) is 5.61. The quantitative estimate of drug-likeness (QED) is 0.658. The summed E-state index contributed by atoms with van der Waals surface area (Å²) in [4.78, 5) is 28.2. The van der Waals surface area contributed by atoms with E-state index in [1.54, 1.807) is 17.0 Å². The molecule has 0 atom stereocenters. The normalized spacial score (nSPS) is 10.4. The molecule has 0 spiro atoms. The lowest BCUT2D eigenvalue weighted by atomic mass is 10.1. The fourth-order valence-corrected chi connectivity index (χ4v) is 3.03. The van der Waals surface area contributed by atoms with Crippen molar-refractivity contribution < 1.29 is 18.7 Å². The molecule has 0 aromatic heterocycles. The molecule has 8 heteroatoms. The first-order valence-electron chi connectivity index (χ1n) is 9.70. The fraction of sp³-hybridized carbons (Fsp3) is 0.364. The predicted molar refractivity (Wildman–Crippen MR) is 116 cm³/mol.